The number of nitro benzene ring substituents is 1. The number of aromatic nitrogens is 3. The van der Waals surface area contributed by atoms with Gasteiger partial charge in [0, 0.05) is 6.04 Å². The number of para-hydroxylation sites is 1. The van der Waals surface area contributed by atoms with Gasteiger partial charge in [0.05, 0.1) is 23.9 Å². The molecule has 0 aliphatic heterocycles. The summed E-state index contributed by atoms with van der Waals surface area (Å²) in [5.41, 5.74) is -0.171. The van der Waals surface area contributed by atoms with Gasteiger partial charge in [0.25, 0.3) is 5.69 Å². The molecule has 1 amide bonds. The number of ether oxygens (including phenoxy) is 2. The molecule has 0 saturated heterocycles. The molecule has 0 spiro atoms. The molecule has 3 aromatic rings. The number of amides is 1. The van der Waals surface area contributed by atoms with Crippen molar-refractivity contribution in [3.05, 3.63) is 64.2 Å². The van der Waals surface area contributed by atoms with Gasteiger partial charge in [-0.15, -0.1) is 10.2 Å². The van der Waals surface area contributed by atoms with Crippen LogP contribution in [0.25, 0.3) is 0 Å². The zero-order valence-corrected chi connectivity index (χ0v) is 22.5. The summed E-state index contributed by atoms with van der Waals surface area (Å²) in [6.07, 6.45) is 4.88. The number of hydrogen-bond donors (Lipinski definition) is 1. The van der Waals surface area contributed by atoms with E-state index in [1.807, 2.05) is 4.57 Å². The number of benzene rings is 2. The maximum absolute atomic E-state index is 14.1. The Hall–Kier alpha value is -3.67. The van der Waals surface area contributed by atoms with Crippen LogP contribution < -0.4 is 14.8 Å². The fraction of sp³-hybridized carbons (Fsp3) is 0.444. The number of methoxy groups -OCH3 is 1. The van der Waals surface area contributed by atoms with Crippen LogP contribution in [0, 0.1) is 33.7 Å². The predicted octanol–water partition coefficient (Wildman–Crippen LogP) is 5.64. The third-order valence-corrected chi connectivity index (χ3v) is 8.70. The minimum absolute atomic E-state index is 0.0288. The molecule has 39 heavy (non-hydrogen) atoms. The largest absolute Gasteiger partial charge is 0.496 e. The molecule has 0 radical (unpaired) electrons. The summed E-state index contributed by atoms with van der Waals surface area (Å²) in [6, 6.07) is 10.5. The SMILES string of the molecule is COc1ccc(NC(=O)CSc2nnc(COc3ccccc3F)n2[C@@H](C)[C@H]2C[C@H]3CC[C@H]2C3)c([N+](=O)[O-])c1. The number of nitrogens with zero attached hydrogens (tertiary/aromatic N) is 4. The molecule has 2 aliphatic carbocycles. The molecule has 10 nitrogen and oxygen atoms in total. The number of rotatable bonds is 11. The number of carbonyl (C=O) groups excluding carboxylic acids is 1. The topological polar surface area (TPSA) is 121 Å². The standard InChI is InChI=1S/C27H30FN5O5S/c1-16(20-12-17-7-8-18(20)11-17)32-25(14-38-24-6-4-3-5-21(24)28)30-31-27(32)39-15-26(34)29-22-10-9-19(37-2)13-23(22)33(35)36/h3-6,9-10,13,16-18,20H,7-8,11-12,14-15H2,1-2H3,(H,29,34)/t16-,17-,18-,20+/m0/s1. The first-order valence-corrected chi connectivity index (χ1v) is 13.9. The minimum atomic E-state index is -0.569. The highest BCUT2D eigenvalue weighted by atomic mass is 32.2. The first-order valence-electron chi connectivity index (χ1n) is 12.9. The van der Waals surface area contributed by atoms with Gasteiger partial charge < -0.3 is 14.8 Å². The number of thioether (sulfide) groups is 1. The first kappa shape index (κ1) is 26.9. The van der Waals surface area contributed by atoms with E-state index >= 15 is 0 Å². The molecule has 206 valence electrons. The number of nitro groups is 1. The summed E-state index contributed by atoms with van der Waals surface area (Å²) in [7, 11) is 1.41. The summed E-state index contributed by atoms with van der Waals surface area (Å²) < 4.78 is 27.0. The molecule has 12 heteroatoms. The summed E-state index contributed by atoms with van der Waals surface area (Å²) in [5.74, 6) is 1.96. The van der Waals surface area contributed by atoms with Gasteiger partial charge in [-0.2, -0.15) is 0 Å². The van der Waals surface area contributed by atoms with Crippen molar-refractivity contribution >= 4 is 29.0 Å². The minimum Gasteiger partial charge on any atom is -0.496 e. The molecule has 5 rings (SSSR count). The van der Waals surface area contributed by atoms with E-state index < -0.39 is 16.6 Å². The molecule has 1 aromatic heterocycles. The number of halogens is 1. The Bertz CT molecular complexity index is 1370. The van der Waals surface area contributed by atoms with Crippen LogP contribution in [0.4, 0.5) is 15.8 Å². The summed E-state index contributed by atoms with van der Waals surface area (Å²) in [4.78, 5) is 23.7. The highest BCUT2D eigenvalue weighted by Crippen LogP contribution is 2.52. The second-order valence-electron chi connectivity index (χ2n) is 10.0. The van der Waals surface area contributed by atoms with Crippen molar-refractivity contribution < 1.29 is 23.6 Å². The van der Waals surface area contributed by atoms with E-state index in [0.29, 0.717) is 28.6 Å². The Kier molecular flexibility index (Phi) is 8.01. The van der Waals surface area contributed by atoms with Crippen LogP contribution >= 0.6 is 11.8 Å². The molecule has 0 unspecified atom stereocenters. The lowest BCUT2D eigenvalue weighted by Crippen LogP contribution is -2.25. The van der Waals surface area contributed by atoms with Crippen molar-refractivity contribution in [2.24, 2.45) is 17.8 Å². The molecule has 2 aromatic carbocycles. The average molecular weight is 556 g/mol. The van der Waals surface area contributed by atoms with Gasteiger partial charge in [-0.1, -0.05) is 30.3 Å². The fourth-order valence-corrected chi connectivity index (χ4v) is 6.75. The van der Waals surface area contributed by atoms with Gasteiger partial charge in [-0.05, 0) is 68.2 Å². The third-order valence-electron chi connectivity index (χ3n) is 7.76. The number of fused-ring (bicyclic) bond motifs is 2. The van der Waals surface area contributed by atoms with E-state index in [9.17, 15) is 19.3 Å². The van der Waals surface area contributed by atoms with Gasteiger partial charge in [0.2, 0.25) is 5.91 Å². The fourth-order valence-electron chi connectivity index (χ4n) is 5.91. The van der Waals surface area contributed by atoms with Gasteiger partial charge in [-0.25, -0.2) is 4.39 Å². The van der Waals surface area contributed by atoms with E-state index in [2.05, 4.69) is 22.4 Å². The molecule has 2 fully saturated rings. The van der Waals surface area contributed by atoms with Crippen molar-refractivity contribution in [3.63, 3.8) is 0 Å². The number of hydrogen-bond acceptors (Lipinski definition) is 8. The third kappa shape index (κ3) is 5.85. The second-order valence-corrected chi connectivity index (χ2v) is 11.0. The van der Waals surface area contributed by atoms with E-state index in [1.165, 1.54) is 56.3 Å². The number of nitrogens with one attached hydrogen (secondary N) is 1. The smallest absolute Gasteiger partial charge is 0.296 e. The van der Waals surface area contributed by atoms with E-state index in [4.69, 9.17) is 9.47 Å². The van der Waals surface area contributed by atoms with Gasteiger partial charge in [0.1, 0.15) is 18.0 Å². The Morgan fingerprint density at radius 1 is 1.26 bits per heavy atom. The van der Waals surface area contributed by atoms with E-state index in [1.54, 1.807) is 24.3 Å². The van der Waals surface area contributed by atoms with Crippen LogP contribution in [0.2, 0.25) is 0 Å². The van der Waals surface area contributed by atoms with E-state index in [-0.39, 0.29) is 35.5 Å². The van der Waals surface area contributed by atoms with Crippen molar-refractivity contribution in [1.82, 2.24) is 14.8 Å². The number of anilines is 1. The van der Waals surface area contributed by atoms with Crippen LogP contribution in [-0.2, 0) is 11.4 Å². The van der Waals surface area contributed by atoms with Gasteiger partial charge in [0.15, 0.2) is 22.5 Å². The zero-order chi connectivity index (χ0) is 27.5. The molecule has 2 aliphatic rings. The lowest BCUT2D eigenvalue weighted by molar-refractivity contribution is -0.384. The molecule has 2 bridgehead atoms. The quantitative estimate of drug-likeness (QED) is 0.183. The molecular weight excluding hydrogens is 525 g/mol. The Balaban J connectivity index is 1.32. The van der Waals surface area contributed by atoms with Gasteiger partial charge in [-0.3, -0.25) is 19.5 Å². The monoisotopic (exact) mass is 555 g/mol. The summed E-state index contributed by atoms with van der Waals surface area (Å²) >= 11 is 1.20. The van der Waals surface area contributed by atoms with Gasteiger partial charge >= 0.3 is 0 Å². The van der Waals surface area contributed by atoms with Crippen LogP contribution in [0.3, 0.4) is 0 Å². The zero-order valence-electron chi connectivity index (χ0n) is 21.7. The summed E-state index contributed by atoms with van der Waals surface area (Å²) in [6.45, 7) is 2.18. The van der Waals surface area contributed by atoms with Crippen molar-refractivity contribution in [2.75, 3.05) is 18.2 Å². The van der Waals surface area contributed by atoms with Crippen molar-refractivity contribution in [1.29, 1.82) is 0 Å². The maximum Gasteiger partial charge on any atom is 0.296 e. The maximum atomic E-state index is 14.1. The molecule has 4 atom stereocenters. The molecular formula is C27H30FN5O5S. The lowest BCUT2D eigenvalue weighted by atomic mass is 9.84. The number of carbonyl (C=O) groups is 1. The Morgan fingerprint density at radius 2 is 2.08 bits per heavy atom. The Morgan fingerprint density at radius 3 is 2.77 bits per heavy atom. The highest BCUT2D eigenvalue weighted by molar-refractivity contribution is 7.99. The van der Waals surface area contributed by atoms with Crippen molar-refractivity contribution in [2.45, 2.75) is 50.4 Å². The molecule has 2 saturated carbocycles. The normalized spacial score (nSPS) is 20.5. The molecule has 1 heterocycles. The van der Waals surface area contributed by atoms with Crippen LogP contribution in [-0.4, -0.2) is 38.5 Å². The highest BCUT2D eigenvalue weighted by Gasteiger charge is 2.43. The van der Waals surface area contributed by atoms with Crippen LogP contribution in [0.15, 0.2) is 47.6 Å². The first-order chi connectivity index (χ1) is 18.8. The average Bonchev–Trinajstić information content (AvgIpc) is 3.67. The van der Waals surface area contributed by atoms with Crippen LogP contribution in [0.5, 0.6) is 11.5 Å². The molecule has 1 N–H and O–H groups in total. The Labute approximate surface area is 229 Å². The lowest BCUT2D eigenvalue weighted by Gasteiger charge is -2.30. The van der Waals surface area contributed by atoms with Crippen LogP contribution in [0.1, 0.15) is 44.5 Å². The summed E-state index contributed by atoms with van der Waals surface area (Å²) in [5, 5.41) is 23.3. The second kappa shape index (κ2) is 11.6. The predicted molar refractivity (Wildman–Crippen MR) is 143 cm³/mol. The van der Waals surface area contributed by atoms with Crippen molar-refractivity contribution in [3.8, 4) is 11.5 Å². The van der Waals surface area contributed by atoms with E-state index in [0.717, 1.165) is 12.3 Å².